The van der Waals surface area contributed by atoms with E-state index in [4.69, 9.17) is 27.9 Å². The molecular formula is C26H20Cl2N3NaO6S. The number of hydrogen-bond acceptors (Lipinski definition) is 7. The zero-order chi connectivity index (χ0) is 27.6. The van der Waals surface area contributed by atoms with Crippen molar-refractivity contribution in [3.8, 4) is 11.5 Å². The number of aryl methyl sites for hydroxylation is 1. The van der Waals surface area contributed by atoms with Gasteiger partial charge < -0.3 is 15.2 Å². The number of ether oxygens (including phenoxy) is 1. The molecule has 0 bridgehead atoms. The van der Waals surface area contributed by atoms with Gasteiger partial charge in [0.05, 0.1) is 27.9 Å². The van der Waals surface area contributed by atoms with Crippen LogP contribution in [0.25, 0.3) is 10.8 Å². The Morgan fingerprint density at radius 3 is 2.49 bits per heavy atom. The first-order chi connectivity index (χ1) is 18.0. The van der Waals surface area contributed by atoms with Gasteiger partial charge in [0.2, 0.25) is 0 Å². The number of rotatable bonds is 7. The van der Waals surface area contributed by atoms with E-state index in [1.165, 1.54) is 25.1 Å². The number of fused-ring (bicyclic) bond motifs is 1. The largest absolute Gasteiger partial charge is 1.00 e. The minimum absolute atomic E-state index is 0. The van der Waals surface area contributed by atoms with E-state index in [1.54, 1.807) is 43.3 Å². The zero-order valence-electron chi connectivity index (χ0n) is 21.0. The van der Waals surface area contributed by atoms with Crippen LogP contribution in [0.4, 0.5) is 17.1 Å². The van der Waals surface area contributed by atoms with E-state index < -0.39 is 26.7 Å². The molecule has 0 atom stereocenters. The molecule has 4 aromatic rings. The van der Waals surface area contributed by atoms with Crippen LogP contribution in [0, 0.1) is 6.92 Å². The van der Waals surface area contributed by atoms with Crippen LogP contribution in [0.2, 0.25) is 10.0 Å². The summed E-state index contributed by atoms with van der Waals surface area (Å²) in [7, 11) is -4.54. The maximum atomic E-state index is 13.5. The predicted octanol–water partition coefficient (Wildman–Crippen LogP) is 3.85. The number of azo groups is 1. The number of amides is 1. The van der Waals surface area contributed by atoms with Crippen molar-refractivity contribution in [2.45, 2.75) is 18.7 Å². The van der Waals surface area contributed by atoms with Gasteiger partial charge >= 0.3 is 29.6 Å². The van der Waals surface area contributed by atoms with Crippen LogP contribution >= 0.6 is 23.2 Å². The molecule has 0 radical (unpaired) electrons. The molecule has 1 amide bonds. The molecule has 9 nitrogen and oxygen atoms in total. The van der Waals surface area contributed by atoms with Gasteiger partial charge in [0.15, 0.2) is 0 Å². The standard InChI is InChI=1S/C26H21Cl2N3O6S.Na/c1-3-37-22-9-8-16(27)12-20(22)29-26(33)19-11-15-6-4-5-7-18(15)24(25(19)32)31-30-21-13-17(38(34,35)36)10-14(2)23(21)28;/h4-13,32H,3H2,1-2H3,(H,29,33)(H,34,35,36);/q;+1/p-1. The van der Waals surface area contributed by atoms with Gasteiger partial charge in [-0.2, -0.15) is 13.5 Å². The number of nitrogens with zero attached hydrogens (tertiary/aromatic N) is 2. The summed E-state index contributed by atoms with van der Waals surface area (Å²) in [5.41, 5.74) is 0.148. The van der Waals surface area contributed by atoms with Crippen LogP contribution in [0.15, 0.2) is 75.8 Å². The third kappa shape index (κ3) is 6.90. The number of halogens is 2. The monoisotopic (exact) mass is 595 g/mol. The van der Waals surface area contributed by atoms with Crippen molar-refractivity contribution in [2.75, 3.05) is 11.9 Å². The Labute approximate surface area is 256 Å². The molecule has 0 aliphatic heterocycles. The van der Waals surface area contributed by atoms with E-state index in [9.17, 15) is 22.9 Å². The van der Waals surface area contributed by atoms with Crippen molar-refractivity contribution in [3.63, 3.8) is 0 Å². The molecule has 4 aromatic carbocycles. The van der Waals surface area contributed by atoms with E-state index in [0.717, 1.165) is 6.07 Å². The molecule has 0 unspecified atom stereocenters. The molecule has 4 rings (SSSR count). The van der Waals surface area contributed by atoms with E-state index >= 15 is 0 Å². The number of carbonyl (C=O) groups is 1. The van der Waals surface area contributed by atoms with Crippen LogP contribution in [0.1, 0.15) is 22.8 Å². The van der Waals surface area contributed by atoms with Crippen molar-refractivity contribution >= 4 is 67.1 Å². The van der Waals surface area contributed by atoms with Gasteiger partial charge in [0, 0.05) is 16.0 Å². The Hall–Kier alpha value is -2.70. The third-order valence-electron chi connectivity index (χ3n) is 5.47. The van der Waals surface area contributed by atoms with E-state index in [2.05, 4.69) is 15.5 Å². The van der Waals surface area contributed by atoms with Gasteiger partial charge in [-0.3, -0.25) is 9.35 Å². The molecule has 0 fully saturated rings. The van der Waals surface area contributed by atoms with Gasteiger partial charge in [0.25, 0.3) is 16.0 Å². The molecule has 0 aromatic heterocycles. The Morgan fingerprint density at radius 2 is 1.79 bits per heavy atom. The summed E-state index contributed by atoms with van der Waals surface area (Å²) in [6, 6.07) is 15.1. The SMILES string of the molecule is CCOc1ccc(Cl)cc1NC(=O)c1cc2ccccc2c(N=Nc2cc(S(=O)(=O)O)cc(C)c2Cl)c1[O-].[Na+]. The zero-order valence-corrected chi connectivity index (χ0v) is 25.4. The first-order valence-electron chi connectivity index (χ1n) is 11.2. The van der Waals surface area contributed by atoms with E-state index in [0.29, 0.717) is 33.7 Å². The Balaban J connectivity index is 0.00000420. The van der Waals surface area contributed by atoms with E-state index in [1.807, 2.05) is 0 Å². The fourth-order valence-electron chi connectivity index (χ4n) is 3.69. The van der Waals surface area contributed by atoms with Crippen LogP contribution in [-0.4, -0.2) is 25.5 Å². The number of benzene rings is 4. The van der Waals surface area contributed by atoms with Crippen LogP contribution in [-0.2, 0) is 10.1 Å². The quantitative estimate of drug-likeness (QED) is 0.189. The predicted molar refractivity (Wildman–Crippen MR) is 144 cm³/mol. The molecule has 0 saturated heterocycles. The van der Waals surface area contributed by atoms with Gasteiger partial charge in [0.1, 0.15) is 11.4 Å². The maximum absolute atomic E-state index is 13.5. The molecule has 0 heterocycles. The fraction of sp³-hybridized carbons (Fsp3) is 0.115. The summed E-state index contributed by atoms with van der Waals surface area (Å²) < 4.78 is 38.2. The second-order valence-electron chi connectivity index (χ2n) is 8.10. The van der Waals surface area contributed by atoms with Gasteiger partial charge in [-0.15, -0.1) is 5.11 Å². The van der Waals surface area contributed by atoms with Gasteiger partial charge in [-0.1, -0.05) is 53.2 Å². The molecule has 39 heavy (non-hydrogen) atoms. The Kier molecular flexibility index (Phi) is 10.0. The summed E-state index contributed by atoms with van der Waals surface area (Å²) in [6.07, 6.45) is 0. The molecule has 0 aliphatic rings. The fourth-order valence-corrected chi connectivity index (χ4v) is 4.60. The van der Waals surface area contributed by atoms with Crippen molar-refractivity contribution in [2.24, 2.45) is 10.2 Å². The second kappa shape index (κ2) is 12.6. The minimum atomic E-state index is -4.54. The summed E-state index contributed by atoms with van der Waals surface area (Å²) >= 11 is 12.4. The third-order valence-corrected chi connectivity index (χ3v) is 7.03. The normalized spacial score (nSPS) is 11.4. The Morgan fingerprint density at radius 1 is 1.08 bits per heavy atom. The van der Waals surface area contributed by atoms with Crippen molar-refractivity contribution < 1.29 is 57.2 Å². The number of carbonyl (C=O) groups excluding carboxylic acids is 1. The molecule has 0 saturated carbocycles. The number of anilines is 1. The molecule has 196 valence electrons. The van der Waals surface area contributed by atoms with Crippen molar-refractivity contribution in [1.82, 2.24) is 0 Å². The van der Waals surface area contributed by atoms with E-state index in [-0.39, 0.29) is 57.2 Å². The number of hydrogen-bond donors (Lipinski definition) is 2. The van der Waals surface area contributed by atoms with Gasteiger partial charge in [-0.05, 0) is 61.2 Å². The summed E-state index contributed by atoms with van der Waals surface area (Å²) in [5, 5.41) is 25.6. The van der Waals surface area contributed by atoms with Gasteiger partial charge in [-0.25, -0.2) is 0 Å². The first kappa shape index (κ1) is 30.8. The molecule has 2 N–H and O–H groups in total. The maximum Gasteiger partial charge on any atom is 1.00 e. The molecule has 13 heteroatoms. The second-order valence-corrected chi connectivity index (χ2v) is 10.3. The summed E-state index contributed by atoms with van der Waals surface area (Å²) in [4.78, 5) is 12.8. The summed E-state index contributed by atoms with van der Waals surface area (Å²) in [5.74, 6) is -1.06. The topological polar surface area (TPSA) is 140 Å². The smallest absolute Gasteiger partial charge is 0.870 e. The number of nitrogens with one attached hydrogen (secondary N) is 1. The summed E-state index contributed by atoms with van der Waals surface area (Å²) in [6.45, 7) is 3.66. The molecule has 0 spiro atoms. The first-order valence-corrected chi connectivity index (χ1v) is 13.3. The average Bonchev–Trinajstić information content (AvgIpc) is 2.86. The minimum Gasteiger partial charge on any atom is -0.870 e. The van der Waals surface area contributed by atoms with Crippen molar-refractivity contribution in [1.29, 1.82) is 0 Å². The Bertz CT molecular complexity index is 1710. The molecular weight excluding hydrogens is 576 g/mol. The van der Waals surface area contributed by atoms with Crippen molar-refractivity contribution in [3.05, 3.63) is 81.8 Å². The van der Waals surface area contributed by atoms with Crippen LogP contribution in [0.3, 0.4) is 0 Å². The van der Waals surface area contributed by atoms with Crippen LogP contribution in [0.5, 0.6) is 11.5 Å². The van der Waals surface area contributed by atoms with Crippen LogP contribution < -0.4 is 44.7 Å². The molecule has 0 aliphatic carbocycles. The average molecular weight is 596 g/mol.